The lowest BCUT2D eigenvalue weighted by Crippen LogP contribution is -2.58. The van der Waals surface area contributed by atoms with Crippen molar-refractivity contribution >= 4 is 25.1 Å². The van der Waals surface area contributed by atoms with Gasteiger partial charge in [0.05, 0.1) is 12.2 Å². The molecule has 11 heteroatoms. The summed E-state index contributed by atoms with van der Waals surface area (Å²) >= 11 is 0. The van der Waals surface area contributed by atoms with Crippen molar-refractivity contribution in [2.75, 3.05) is 19.0 Å². The van der Waals surface area contributed by atoms with Gasteiger partial charge in [-0.2, -0.15) is 0 Å². The zero-order valence-electron chi connectivity index (χ0n) is 27.9. The third kappa shape index (κ3) is 6.29. The second kappa shape index (κ2) is 13.1. The van der Waals surface area contributed by atoms with E-state index in [-0.39, 0.29) is 24.0 Å². The molecule has 48 heavy (non-hydrogen) atoms. The maximum atomic E-state index is 14.3. The molecule has 0 radical (unpaired) electrons. The molecule has 0 aromatic heterocycles. The minimum absolute atomic E-state index is 0.0556. The number of benzene rings is 2. The number of rotatable bonds is 8. The summed E-state index contributed by atoms with van der Waals surface area (Å²) < 4.78 is 29.8. The molecule has 1 heterocycles. The van der Waals surface area contributed by atoms with Gasteiger partial charge in [0.1, 0.15) is 6.61 Å². The third-order valence-electron chi connectivity index (χ3n) is 11.7. The van der Waals surface area contributed by atoms with Crippen LogP contribution in [0.25, 0.3) is 0 Å². The first-order chi connectivity index (χ1) is 22.7. The number of carbonyl (C=O) groups is 2. The van der Waals surface area contributed by atoms with Gasteiger partial charge >= 0.3 is 7.82 Å². The van der Waals surface area contributed by atoms with E-state index in [0.717, 1.165) is 35.2 Å². The van der Waals surface area contributed by atoms with Gasteiger partial charge in [0.2, 0.25) is 0 Å². The van der Waals surface area contributed by atoms with Gasteiger partial charge in [-0.15, -0.1) is 0 Å². The quantitative estimate of drug-likeness (QED) is 0.251. The number of carbonyl (C=O) groups excluding carboxylic acids is 2. The average molecular weight is 680 g/mol. The molecule has 0 amide bonds. The van der Waals surface area contributed by atoms with Crippen LogP contribution in [0.1, 0.15) is 75.9 Å². The van der Waals surface area contributed by atoms with Gasteiger partial charge < -0.3 is 29.7 Å². The van der Waals surface area contributed by atoms with Crippen LogP contribution in [0.4, 0.5) is 5.69 Å². The molecule has 0 bridgehead atoms. The molecule has 0 spiro atoms. The van der Waals surface area contributed by atoms with Crippen molar-refractivity contribution in [1.29, 1.82) is 0 Å². The molecule has 3 fully saturated rings. The second-order valence-electron chi connectivity index (χ2n) is 14.4. The predicted octanol–water partition coefficient (Wildman–Crippen LogP) is 5.82. The summed E-state index contributed by atoms with van der Waals surface area (Å²) in [6.45, 7) is 5.08. The summed E-state index contributed by atoms with van der Waals surface area (Å²) in [6, 6.07) is 16.0. The van der Waals surface area contributed by atoms with Crippen LogP contribution in [0.3, 0.4) is 0 Å². The summed E-state index contributed by atoms with van der Waals surface area (Å²) in [6.07, 6.45) is 6.09. The molecule has 4 aliphatic rings. The molecule has 3 aliphatic carbocycles. The monoisotopic (exact) mass is 679 g/mol. The number of phosphoric ester groups is 1. The predicted molar refractivity (Wildman–Crippen MR) is 180 cm³/mol. The first kappa shape index (κ1) is 34.9. The molecule has 1 saturated heterocycles. The first-order valence-electron chi connectivity index (χ1n) is 16.7. The number of aliphatic hydroxyl groups excluding tert-OH is 1. The number of phosphoric acid groups is 1. The number of allylic oxidation sites excluding steroid dienone is 4. The number of nitrogens with one attached hydrogen (secondary N) is 1. The Morgan fingerprint density at radius 1 is 1.12 bits per heavy atom. The van der Waals surface area contributed by atoms with E-state index in [1.54, 1.807) is 12.2 Å². The SMILES string of the molecule is CNc1cccc(Cc2ccc([C@@H]3O[C@@H]4C[C@H]5CCCC6=CC(=O)C=C[C@]6(C)[C@H](C)[C@@H](O)C[C@]5(C)[C@]4(C(=O)COP(=O)(O)O)O3)cc2)c1. The Bertz CT molecular complexity index is 1670. The summed E-state index contributed by atoms with van der Waals surface area (Å²) in [7, 11) is -3.08. The van der Waals surface area contributed by atoms with E-state index in [1.807, 2.05) is 70.3 Å². The number of anilines is 1. The molecular weight excluding hydrogens is 633 g/mol. The highest BCUT2D eigenvalue weighted by Gasteiger charge is 2.72. The van der Waals surface area contributed by atoms with Crippen molar-refractivity contribution in [3.63, 3.8) is 0 Å². The van der Waals surface area contributed by atoms with Crippen LogP contribution in [-0.2, 0) is 34.6 Å². The fourth-order valence-electron chi connectivity index (χ4n) is 8.72. The van der Waals surface area contributed by atoms with Crippen LogP contribution in [0, 0.1) is 22.7 Å². The third-order valence-corrected chi connectivity index (χ3v) is 12.2. The van der Waals surface area contributed by atoms with Crippen LogP contribution >= 0.6 is 7.82 Å². The van der Waals surface area contributed by atoms with E-state index in [9.17, 15) is 29.0 Å². The van der Waals surface area contributed by atoms with Gasteiger partial charge in [-0.25, -0.2) is 4.57 Å². The van der Waals surface area contributed by atoms with E-state index in [1.165, 1.54) is 0 Å². The van der Waals surface area contributed by atoms with Crippen LogP contribution in [0.15, 0.2) is 72.3 Å². The molecule has 2 aromatic carbocycles. The molecule has 2 saturated carbocycles. The Morgan fingerprint density at radius 2 is 1.88 bits per heavy atom. The van der Waals surface area contributed by atoms with Gasteiger partial charge in [-0.1, -0.05) is 68.8 Å². The van der Waals surface area contributed by atoms with Crippen molar-refractivity contribution in [2.24, 2.45) is 22.7 Å². The van der Waals surface area contributed by atoms with E-state index in [2.05, 4.69) is 17.4 Å². The van der Waals surface area contributed by atoms with Crippen LogP contribution in [0.2, 0.25) is 0 Å². The van der Waals surface area contributed by atoms with E-state index >= 15 is 0 Å². The average Bonchev–Trinajstić information content (AvgIpc) is 3.54. The number of hydrogen-bond donors (Lipinski definition) is 4. The number of ketones is 2. The van der Waals surface area contributed by atoms with Crippen LogP contribution < -0.4 is 5.32 Å². The number of Topliss-reactive ketones (excluding diaryl/α,β-unsaturated/α-hetero) is 1. The van der Waals surface area contributed by atoms with Gasteiger partial charge in [-0.05, 0) is 85.8 Å². The highest BCUT2D eigenvalue weighted by atomic mass is 31.2. The minimum atomic E-state index is -4.96. The number of fused-ring (bicyclic) bond motifs is 4. The number of aliphatic hydroxyl groups is 1. The normalized spacial score (nSPS) is 34.9. The highest BCUT2D eigenvalue weighted by Crippen LogP contribution is 2.64. The minimum Gasteiger partial charge on any atom is -0.393 e. The lowest BCUT2D eigenvalue weighted by Gasteiger charge is -2.48. The largest absolute Gasteiger partial charge is 0.470 e. The Hall–Kier alpha value is -2.95. The van der Waals surface area contributed by atoms with Gasteiger partial charge in [0, 0.05) is 29.1 Å². The van der Waals surface area contributed by atoms with E-state index < -0.39 is 55.1 Å². The second-order valence-corrected chi connectivity index (χ2v) is 15.6. The topological polar surface area (TPSA) is 152 Å². The summed E-state index contributed by atoms with van der Waals surface area (Å²) in [5.41, 5.74) is 1.85. The van der Waals surface area contributed by atoms with Gasteiger partial charge in [-0.3, -0.25) is 14.1 Å². The fraction of sp³-hybridized carbons (Fsp3) is 0.514. The van der Waals surface area contributed by atoms with Gasteiger partial charge in [0.15, 0.2) is 23.5 Å². The van der Waals surface area contributed by atoms with E-state index in [0.29, 0.717) is 24.8 Å². The van der Waals surface area contributed by atoms with Crippen LogP contribution in [-0.4, -0.2) is 57.9 Å². The van der Waals surface area contributed by atoms with Crippen molar-refractivity contribution in [1.82, 2.24) is 0 Å². The van der Waals surface area contributed by atoms with Crippen LogP contribution in [0.5, 0.6) is 0 Å². The molecule has 6 rings (SSSR count). The van der Waals surface area contributed by atoms with Crippen molar-refractivity contribution in [3.8, 4) is 0 Å². The number of ether oxygens (including phenoxy) is 2. The molecule has 8 atom stereocenters. The van der Waals surface area contributed by atoms with Crippen molar-refractivity contribution in [3.05, 3.63) is 89.0 Å². The lowest BCUT2D eigenvalue weighted by molar-refractivity contribution is -0.179. The molecule has 10 nitrogen and oxygen atoms in total. The summed E-state index contributed by atoms with van der Waals surface area (Å²) in [4.78, 5) is 45.6. The Labute approximate surface area is 281 Å². The Kier molecular flexibility index (Phi) is 9.50. The maximum Gasteiger partial charge on any atom is 0.470 e. The maximum absolute atomic E-state index is 14.3. The molecular formula is C37H46NO9P. The zero-order chi connectivity index (χ0) is 34.5. The van der Waals surface area contributed by atoms with Crippen molar-refractivity contribution in [2.45, 2.75) is 83.4 Å². The zero-order valence-corrected chi connectivity index (χ0v) is 28.8. The summed E-state index contributed by atoms with van der Waals surface area (Å²) in [5.74, 6) is -1.09. The van der Waals surface area contributed by atoms with Gasteiger partial charge in [0.25, 0.3) is 0 Å². The number of hydrogen-bond acceptors (Lipinski definition) is 8. The Balaban J connectivity index is 1.32. The highest BCUT2D eigenvalue weighted by molar-refractivity contribution is 7.46. The van der Waals surface area contributed by atoms with E-state index in [4.69, 9.17) is 14.0 Å². The van der Waals surface area contributed by atoms with Crippen molar-refractivity contribution < 1.29 is 43.0 Å². The Morgan fingerprint density at radius 3 is 2.58 bits per heavy atom. The molecule has 258 valence electrons. The molecule has 0 unspecified atom stereocenters. The fourth-order valence-corrected chi connectivity index (χ4v) is 9.00. The molecule has 4 N–H and O–H groups in total. The first-order valence-corrected chi connectivity index (χ1v) is 18.3. The lowest BCUT2D eigenvalue weighted by atomic mass is 9.59. The molecule has 2 aromatic rings. The smallest absolute Gasteiger partial charge is 0.393 e. The summed E-state index contributed by atoms with van der Waals surface area (Å²) in [5, 5.41) is 15.1. The standard InChI is InChI=1S/C37H46NO9P/c1-23-31(40)21-36(3)28(9-6-8-27-19-30(39)15-16-35(23,27)2)20-33-37(36,32(41)22-45-48(42,43)44)47-34(46-33)26-13-11-24(12-14-26)17-25-7-5-10-29(18-25)38-4/h5,7,10-16,18-19,23,28,31,33-34,38,40H,6,8-9,17,20-22H2,1-4H3,(H2,42,43,44)/t23-,28-,31+,33-,34-,35-,36+,37-/m1/s1. The molecule has 1 aliphatic heterocycles.